The normalized spacial score (nSPS) is 11.5. The molecule has 0 N–H and O–H groups in total. The van der Waals surface area contributed by atoms with Gasteiger partial charge in [0.1, 0.15) is 21.7 Å². The van der Waals surface area contributed by atoms with Gasteiger partial charge in [-0.25, -0.2) is 0 Å². The lowest BCUT2D eigenvalue weighted by Crippen LogP contribution is -2.21. The summed E-state index contributed by atoms with van der Waals surface area (Å²) in [5.74, 6) is -0.200. The van der Waals surface area contributed by atoms with Crippen molar-refractivity contribution in [3.63, 3.8) is 0 Å². The molecule has 0 unspecified atom stereocenters. The van der Waals surface area contributed by atoms with Crippen molar-refractivity contribution in [3.05, 3.63) is 84.9 Å². The molecule has 0 amide bonds. The Balaban J connectivity index is 1.98. The summed E-state index contributed by atoms with van der Waals surface area (Å²) in [4.78, 5) is 0. The predicted molar refractivity (Wildman–Crippen MR) is 93.2 cm³/mol. The summed E-state index contributed by atoms with van der Waals surface area (Å²) in [6.45, 7) is 0. The number of benzene rings is 3. The highest BCUT2D eigenvalue weighted by Crippen LogP contribution is 2.33. The standard InChI is InChI=1S/C19H14F3OP/c20-19(21,22)23-15-11-13-18(14-12-15)24(16-7-3-1-4-8-16)17-9-5-2-6-10-17/h1-14H/p+1. The summed E-state index contributed by atoms with van der Waals surface area (Å²) in [6.07, 6.45) is -4.67. The van der Waals surface area contributed by atoms with Crippen LogP contribution in [-0.2, 0) is 0 Å². The van der Waals surface area contributed by atoms with E-state index in [2.05, 4.69) is 29.0 Å². The molecule has 24 heavy (non-hydrogen) atoms. The molecular formula is C19H15F3OP+. The molecule has 0 saturated carbocycles. The maximum atomic E-state index is 12.3. The van der Waals surface area contributed by atoms with E-state index in [9.17, 15) is 13.2 Å². The minimum atomic E-state index is -4.67. The first-order valence-corrected chi connectivity index (χ1v) is 8.87. The van der Waals surface area contributed by atoms with E-state index in [0.29, 0.717) is 0 Å². The van der Waals surface area contributed by atoms with Crippen molar-refractivity contribution in [2.75, 3.05) is 0 Å². The second-order valence-electron chi connectivity index (χ2n) is 5.18. The Morgan fingerprint density at radius 3 is 1.42 bits per heavy atom. The molecule has 0 atom stereocenters. The van der Waals surface area contributed by atoms with Crippen LogP contribution in [0.2, 0.25) is 0 Å². The van der Waals surface area contributed by atoms with Gasteiger partial charge in [-0.15, -0.1) is 13.2 Å². The zero-order chi connectivity index (χ0) is 17.0. The monoisotopic (exact) mass is 347 g/mol. The van der Waals surface area contributed by atoms with Crippen LogP contribution in [0, 0.1) is 0 Å². The van der Waals surface area contributed by atoms with E-state index in [0.717, 1.165) is 5.30 Å². The maximum Gasteiger partial charge on any atom is 0.573 e. The number of ether oxygens (including phenoxy) is 1. The van der Waals surface area contributed by atoms with Gasteiger partial charge in [0.15, 0.2) is 0 Å². The average molecular weight is 347 g/mol. The van der Waals surface area contributed by atoms with Gasteiger partial charge in [-0.1, -0.05) is 36.4 Å². The topological polar surface area (TPSA) is 9.23 Å². The molecular weight excluding hydrogens is 332 g/mol. The second kappa shape index (κ2) is 7.06. The van der Waals surface area contributed by atoms with Crippen LogP contribution in [-0.4, -0.2) is 6.36 Å². The molecule has 3 aromatic carbocycles. The van der Waals surface area contributed by atoms with Crippen molar-refractivity contribution in [1.82, 2.24) is 0 Å². The van der Waals surface area contributed by atoms with Crippen LogP contribution < -0.4 is 20.7 Å². The Hall–Kier alpha value is -2.32. The highest BCUT2D eigenvalue weighted by molar-refractivity contribution is 7.79. The first-order chi connectivity index (χ1) is 11.5. The van der Waals surface area contributed by atoms with Gasteiger partial charge in [0, 0.05) is 0 Å². The van der Waals surface area contributed by atoms with Gasteiger partial charge in [-0.05, 0) is 48.5 Å². The van der Waals surface area contributed by atoms with Gasteiger partial charge in [-0.2, -0.15) is 0 Å². The van der Waals surface area contributed by atoms with Crippen LogP contribution in [0.15, 0.2) is 84.9 Å². The predicted octanol–water partition coefficient (Wildman–Crippen LogP) is 4.08. The van der Waals surface area contributed by atoms with E-state index in [1.807, 2.05) is 36.4 Å². The number of rotatable bonds is 4. The van der Waals surface area contributed by atoms with E-state index < -0.39 is 14.3 Å². The minimum absolute atomic E-state index is 0.200. The number of halogens is 3. The fraction of sp³-hybridized carbons (Fsp3) is 0.0526. The molecule has 3 rings (SSSR count). The Morgan fingerprint density at radius 1 is 0.583 bits per heavy atom. The smallest absolute Gasteiger partial charge is 0.406 e. The van der Waals surface area contributed by atoms with Gasteiger partial charge < -0.3 is 4.74 Å². The third-order valence-corrected chi connectivity index (χ3v) is 6.23. The molecule has 0 spiro atoms. The summed E-state index contributed by atoms with van der Waals surface area (Å²) >= 11 is 0. The van der Waals surface area contributed by atoms with Crippen molar-refractivity contribution in [2.24, 2.45) is 0 Å². The zero-order valence-corrected chi connectivity index (χ0v) is 13.6. The van der Waals surface area contributed by atoms with Gasteiger partial charge >= 0.3 is 6.36 Å². The molecule has 0 saturated heterocycles. The highest BCUT2D eigenvalue weighted by Gasteiger charge is 2.31. The molecule has 0 aromatic heterocycles. The molecule has 122 valence electrons. The fourth-order valence-corrected chi connectivity index (χ4v) is 5.08. The summed E-state index contributed by atoms with van der Waals surface area (Å²) in [5, 5.41) is 3.36. The minimum Gasteiger partial charge on any atom is -0.406 e. The zero-order valence-electron chi connectivity index (χ0n) is 12.6. The number of alkyl halides is 3. The SMILES string of the molecule is FC(F)(F)Oc1ccc([PH+](c2ccccc2)c2ccccc2)cc1. The molecule has 5 heteroatoms. The lowest BCUT2D eigenvalue weighted by Gasteiger charge is -2.12. The van der Waals surface area contributed by atoms with Crippen LogP contribution in [0.1, 0.15) is 0 Å². The van der Waals surface area contributed by atoms with Crippen LogP contribution in [0.4, 0.5) is 13.2 Å². The Bertz CT molecular complexity index is 732. The number of hydrogen-bond acceptors (Lipinski definition) is 1. The van der Waals surface area contributed by atoms with Gasteiger partial charge in [-0.3, -0.25) is 0 Å². The average Bonchev–Trinajstić information content (AvgIpc) is 2.57. The molecule has 0 radical (unpaired) electrons. The number of hydrogen-bond donors (Lipinski definition) is 0. The van der Waals surface area contributed by atoms with Crippen molar-refractivity contribution in [3.8, 4) is 5.75 Å². The van der Waals surface area contributed by atoms with Crippen LogP contribution in [0.3, 0.4) is 0 Å². The first-order valence-electron chi connectivity index (χ1n) is 7.37. The first kappa shape index (κ1) is 16.5. The van der Waals surface area contributed by atoms with Crippen LogP contribution in [0.5, 0.6) is 5.75 Å². The quantitative estimate of drug-likeness (QED) is 0.647. The van der Waals surface area contributed by atoms with Crippen LogP contribution >= 0.6 is 7.92 Å². The van der Waals surface area contributed by atoms with E-state index >= 15 is 0 Å². The summed E-state index contributed by atoms with van der Waals surface area (Å²) in [5.41, 5.74) is 0. The second-order valence-corrected chi connectivity index (χ2v) is 7.66. The largest absolute Gasteiger partial charge is 0.573 e. The van der Waals surface area contributed by atoms with Gasteiger partial charge in [0.2, 0.25) is 0 Å². The molecule has 0 aliphatic carbocycles. The third kappa shape index (κ3) is 4.15. The maximum absolute atomic E-state index is 12.3. The molecule has 1 nitrogen and oxygen atoms in total. The van der Waals surface area contributed by atoms with Crippen molar-refractivity contribution >= 4 is 23.8 Å². The molecule has 0 aliphatic rings. The Morgan fingerprint density at radius 2 is 1.00 bits per heavy atom. The fourth-order valence-electron chi connectivity index (χ4n) is 2.53. The van der Waals surface area contributed by atoms with Crippen LogP contribution in [0.25, 0.3) is 0 Å². The molecule has 0 fully saturated rings. The molecule has 0 aliphatic heterocycles. The van der Waals surface area contributed by atoms with E-state index in [4.69, 9.17) is 0 Å². The van der Waals surface area contributed by atoms with Crippen molar-refractivity contribution in [2.45, 2.75) is 6.36 Å². The lowest BCUT2D eigenvalue weighted by atomic mass is 10.3. The molecule has 3 aromatic rings. The lowest BCUT2D eigenvalue weighted by molar-refractivity contribution is -0.274. The third-order valence-electron chi connectivity index (χ3n) is 3.50. The summed E-state index contributed by atoms with van der Waals surface area (Å²) < 4.78 is 40.9. The Labute approximate surface area is 139 Å². The van der Waals surface area contributed by atoms with E-state index in [-0.39, 0.29) is 5.75 Å². The summed E-state index contributed by atoms with van der Waals surface area (Å²) in [7, 11) is -1.27. The van der Waals surface area contributed by atoms with Gasteiger partial charge in [0.25, 0.3) is 0 Å². The highest BCUT2D eigenvalue weighted by atomic mass is 31.1. The summed E-state index contributed by atoms with van der Waals surface area (Å²) in [6, 6.07) is 26.2. The Kier molecular flexibility index (Phi) is 4.86. The molecule has 0 bridgehead atoms. The van der Waals surface area contributed by atoms with Gasteiger partial charge in [0.05, 0.1) is 7.92 Å². The van der Waals surface area contributed by atoms with Crippen molar-refractivity contribution in [1.29, 1.82) is 0 Å². The molecule has 0 heterocycles. The van der Waals surface area contributed by atoms with E-state index in [1.165, 1.54) is 22.7 Å². The van der Waals surface area contributed by atoms with E-state index in [1.54, 1.807) is 12.1 Å². The van der Waals surface area contributed by atoms with Crippen molar-refractivity contribution < 1.29 is 17.9 Å².